The standard InChI is InChI=1S/C13H19BrN2O4S/c1-19-11-5-9(14)13(6-12(11)20-2)21(17,18)16-7-10(15)8-3-4-8/h5-6,8,10,16H,3-4,7,15H2,1-2H3. The highest BCUT2D eigenvalue weighted by molar-refractivity contribution is 9.10. The van der Waals surface area contributed by atoms with E-state index in [-0.39, 0.29) is 17.5 Å². The van der Waals surface area contributed by atoms with Crippen LogP contribution in [0.15, 0.2) is 21.5 Å². The molecule has 0 radical (unpaired) electrons. The van der Waals surface area contributed by atoms with Gasteiger partial charge in [-0.1, -0.05) is 0 Å². The molecule has 1 fully saturated rings. The van der Waals surface area contributed by atoms with E-state index >= 15 is 0 Å². The average molecular weight is 379 g/mol. The van der Waals surface area contributed by atoms with Gasteiger partial charge in [0.25, 0.3) is 0 Å². The van der Waals surface area contributed by atoms with Crippen LogP contribution in [0.1, 0.15) is 12.8 Å². The molecule has 0 saturated heterocycles. The molecule has 1 aromatic carbocycles. The summed E-state index contributed by atoms with van der Waals surface area (Å²) in [6.07, 6.45) is 2.14. The third-order valence-electron chi connectivity index (χ3n) is 3.46. The third kappa shape index (κ3) is 3.88. The van der Waals surface area contributed by atoms with Gasteiger partial charge in [-0.3, -0.25) is 0 Å². The molecule has 6 nitrogen and oxygen atoms in total. The highest BCUT2D eigenvalue weighted by Crippen LogP contribution is 2.35. The van der Waals surface area contributed by atoms with Gasteiger partial charge >= 0.3 is 0 Å². The molecule has 1 atom stereocenters. The Morgan fingerprint density at radius 1 is 1.33 bits per heavy atom. The van der Waals surface area contributed by atoms with Gasteiger partial charge < -0.3 is 15.2 Å². The minimum Gasteiger partial charge on any atom is -0.493 e. The summed E-state index contributed by atoms with van der Waals surface area (Å²) in [5, 5.41) is 0. The Bertz CT molecular complexity index is 617. The van der Waals surface area contributed by atoms with Crippen molar-refractivity contribution in [2.75, 3.05) is 20.8 Å². The monoisotopic (exact) mass is 378 g/mol. The summed E-state index contributed by atoms with van der Waals surface area (Å²) in [6, 6.07) is 2.85. The molecule has 0 amide bonds. The summed E-state index contributed by atoms with van der Waals surface area (Å²) < 4.78 is 38.0. The first kappa shape index (κ1) is 16.5. The molecule has 3 N–H and O–H groups in total. The van der Waals surface area contributed by atoms with Crippen LogP contribution in [0.3, 0.4) is 0 Å². The van der Waals surface area contributed by atoms with Crippen LogP contribution >= 0.6 is 15.9 Å². The lowest BCUT2D eigenvalue weighted by atomic mass is 10.2. The first-order valence-corrected chi connectivity index (χ1v) is 8.83. The number of methoxy groups -OCH3 is 2. The average Bonchev–Trinajstić information content (AvgIpc) is 3.28. The fourth-order valence-corrected chi connectivity index (χ4v) is 4.12. The quantitative estimate of drug-likeness (QED) is 0.749. The van der Waals surface area contributed by atoms with Gasteiger partial charge in [0.15, 0.2) is 11.5 Å². The molecule has 0 aromatic heterocycles. The molecule has 1 aliphatic rings. The smallest absolute Gasteiger partial charge is 0.241 e. The maximum Gasteiger partial charge on any atom is 0.241 e. The van der Waals surface area contributed by atoms with Crippen molar-refractivity contribution < 1.29 is 17.9 Å². The molecule has 2 rings (SSSR count). The number of hydrogen-bond acceptors (Lipinski definition) is 5. The summed E-state index contributed by atoms with van der Waals surface area (Å²) in [5.74, 6) is 1.24. The zero-order chi connectivity index (χ0) is 15.6. The van der Waals surface area contributed by atoms with Crippen molar-refractivity contribution in [1.29, 1.82) is 0 Å². The molecule has 0 aliphatic heterocycles. The minimum atomic E-state index is -3.66. The molecule has 1 saturated carbocycles. The van der Waals surface area contributed by atoms with Crippen LogP contribution in [0.4, 0.5) is 0 Å². The number of nitrogens with one attached hydrogen (secondary N) is 1. The van der Waals surface area contributed by atoms with Gasteiger partial charge in [-0.25, -0.2) is 13.1 Å². The minimum absolute atomic E-state index is 0.100. The zero-order valence-corrected chi connectivity index (χ0v) is 14.3. The van der Waals surface area contributed by atoms with E-state index in [0.29, 0.717) is 21.9 Å². The second-order valence-corrected chi connectivity index (χ2v) is 7.58. The number of halogens is 1. The third-order valence-corrected chi connectivity index (χ3v) is 5.85. The number of sulfonamides is 1. The van der Waals surface area contributed by atoms with Crippen LogP contribution in [0, 0.1) is 5.92 Å². The number of rotatable bonds is 7. The fraction of sp³-hybridized carbons (Fsp3) is 0.538. The Morgan fingerprint density at radius 3 is 2.43 bits per heavy atom. The number of benzene rings is 1. The topological polar surface area (TPSA) is 90.7 Å². The van der Waals surface area contributed by atoms with Crippen molar-refractivity contribution >= 4 is 26.0 Å². The molecule has 21 heavy (non-hydrogen) atoms. The maximum atomic E-state index is 12.4. The molecule has 0 spiro atoms. The van der Waals surface area contributed by atoms with Crippen molar-refractivity contribution in [2.45, 2.75) is 23.8 Å². The Labute approximate surface area is 133 Å². The van der Waals surface area contributed by atoms with Gasteiger partial charge in [0.05, 0.1) is 14.2 Å². The van der Waals surface area contributed by atoms with E-state index in [1.807, 2.05) is 0 Å². The molecule has 8 heteroatoms. The van der Waals surface area contributed by atoms with E-state index < -0.39 is 10.0 Å². The lowest BCUT2D eigenvalue weighted by molar-refractivity contribution is 0.353. The van der Waals surface area contributed by atoms with Gasteiger partial charge in [0.1, 0.15) is 4.90 Å². The van der Waals surface area contributed by atoms with Crippen LogP contribution in [0.5, 0.6) is 11.5 Å². The van der Waals surface area contributed by atoms with E-state index in [4.69, 9.17) is 15.2 Å². The molecule has 0 heterocycles. The first-order chi connectivity index (χ1) is 9.89. The highest BCUT2D eigenvalue weighted by atomic mass is 79.9. The van der Waals surface area contributed by atoms with Crippen LogP contribution in [-0.2, 0) is 10.0 Å². The van der Waals surface area contributed by atoms with Crippen LogP contribution in [0.2, 0.25) is 0 Å². The number of nitrogens with two attached hydrogens (primary N) is 1. The van der Waals surface area contributed by atoms with Gasteiger partial charge in [0.2, 0.25) is 10.0 Å². The predicted molar refractivity (Wildman–Crippen MR) is 83.1 cm³/mol. The number of ether oxygens (including phenoxy) is 2. The largest absolute Gasteiger partial charge is 0.493 e. The summed E-state index contributed by atoms with van der Waals surface area (Å²) in [6.45, 7) is 0.230. The van der Waals surface area contributed by atoms with E-state index in [2.05, 4.69) is 20.7 Å². The Hall–Kier alpha value is -0.830. The van der Waals surface area contributed by atoms with Gasteiger partial charge in [-0.2, -0.15) is 0 Å². The summed E-state index contributed by atoms with van der Waals surface area (Å²) in [5.41, 5.74) is 5.92. The first-order valence-electron chi connectivity index (χ1n) is 6.55. The van der Waals surface area contributed by atoms with Crippen molar-refractivity contribution in [3.63, 3.8) is 0 Å². The summed E-state index contributed by atoms with van der Waals surface area (Å²) in [4.78, 5) is 0.100. The maximum absolute atomic E-state index is 12.4. The predicted octanol–water partition coefficient (Wildman–Crippen LogP) is 1.48. The Balaban J connectivity index is 2.22. The van der Waals surface area contributed by atoms with Crippen LogP contribution in [0.25, 0.3) is 0 Å². The molecule has 118 valence electrons. The summed E-state index contributed by atoms with van der Waals surface area (Å²) >= 11 is 3.25. The van der Waals surface area contributed by atoms with Gasteiger partial charge in [-0.15, -0.1) is 0 Å². The highest BCUT2D eigenvalue weighted by Gasteiger charge is 2.30. The van der Waals surface area contributed by atoms with Gasteiger partial charge in [-0.05, 0) is 40.8 Å². The van der Waals surface area contributed by atoms with Crippen molar-refractivity contribution in [1.82, 2.24) is 4.72 Å². The SMILES string of the molecule is COc1cc(Br)c(S(=O)(=O)NCC(N)C2CC2)cc1OC. The molecular weight excluding hydrogens is 360 g/mol. The van der Waals surface area contributed by atoms with Crippen LogP contribution in [-0.4, -0.2) is 35.2 Å². The fourth-order valence-electron chi connectivity index (χ4n) is 2.02. The lowest BCUT2D eigenvalue weighted by Crippen LogP contribution is -2.38. The molecular formula is C13H19BrN2O4S. The number of hydrogen-bond donors (Lipinski definition) is 2. The van der Waals surface area contributed by atoms with E-state index in [0.717, 1.165) is 12.8 Å². The Kier molecular flexibility index (Phi) is 5.13. The van der Waals surface area contributed by atoms with Crippen molar-refractivity contribution in [3.05, 3.63) is 16.6 Å². The Morgan fingerprint density at radius 2 is 1.90 bits per heavy atom. The molecule has 1 aliphatic carbocycles. The molecule has 0 bridgehead atoms. The zero-order valence-electron chi connectivity index (χ0n) is 11.9. The molecule has 1 unspecified atom stereocenters. The second kappa shape index (κ2) is 6.51. The van der Waals surface area contributed by atoms with E-state index in [1.165, 1.54) is 20.3 Å². The lowest BCUT2D eigenvalue weighted by Gasteiger charge is -2.15. The molecule has 1 aromatic rings. The van der Waals surface area contributed by atoms with E-state index in [1.54, 1.807) is 6.07 Å². The van der Waals surface area contributed by atoms with Crippen molar-refractivity contribution in [2.24, 2.45) is 11.7 Å². The normalized spacial score (nSPS) is 16.6. The van der Waals surface area contributed by atoms with Gasteiger partial charge in [0, 0.05) is 23.1 Å². The summed E-state index contributed by atoms with van der Waals surface area (Å²) in [7, 11) is -0.713. The van der Waals surface area contributed by atoms with Crippen LogP contribution < -0.4 is 19.9 Å². The second-order valence-electron chi connectivity index (χ2n) is 4.99. The van der Waals surface area contributed by atoms with E-state index in [9.17, 15) is 8.42 Å². The van der Waals surface area contributed by atoms with Crippen molar-refractivity contribution in [3.8, 4) is 11.5 Å².